The van der Waals surface area contributed by atoms with Gasteiger partial charge in [-0.3, -0.25) is 4.79 Å². The largest absolute Gasteiger partial charge is 0.399 e. The Morgan fingerprint density at radius 2 is 2.10 bits per heavy atom. The Hall–Kier alpha value is -2.87. The number of nitrogens with zero attached hydrogens (tertiary/aromatic N) is 2. The molecule has 0 unspecified atom stereocenters. The minimum absolute atomic E-state index is 0.0997. The maximum Gasteiger partial charge on any atom is 0.231 e. The van der Waals surface area contributed by atoms with Gasteiger partial charge >= 0.3 is 0 Å². The molecule has 2 aromatic rings. The lowest BCUT2D eigenvalue weighted by molar-refractivity contribution is -0.117. The van der Waals surface area contributed by atoms with Crippen molar-refractivity contribution in [1.29, 1.82) is 5.26 Å². The summed E-state index contributed by atoms with van der Waals surface area (Å²) in [7, 11) is 0. The zero-order valence-electron chi connectivity index (χ0n) is 11.1. The predicted octanol–water partition coefficient (Wildman–Crippen LogP) is 2.37. The van der Waals surface area contributed by atoms with Gasteiger partial charge in [0.15, 0.2) is 0 Å². The first-order valence-electron chi connectivity index (χ1n) is 6.46. The number of rotatable bonds is 2. The van der Waals surface area contributed by atoms with E-state index in [1.54, 1.807) is 18.2 Å². The van der Waals surface area contributed by atoms with Crippen LogP contribution in [0.15, 0.2) is 36.4 Å². The highest BCUT2D eigenvalue weighted by Gasteiger charge is 2.27. The fourth-order valence-corrected chi connectivity index (χ4v) is 2.51. The molecule has 0 aliphatic carbocycles. The summed E-state index contributed by atoms with van der Waals surface area (Å²) >= 11 is 0. The standard InChI is InChI=1S/C16H12FN3O/c17-14-3-1-10(8-18)5-12(14)9-20-15-4-2-13(19)6-11(15)7-16(20)21/h1-6H,7,9,19H2. The van der Waals surface area contributed by atoms with Crippen molar-refractivity contribution in [1.82, 2.24) is 0 Å². The molecule has 4 nitrogen and oxygen atoms in total. The van der Waals surface area contributed by atoms with Gasteiger partial charge in [-0.25, -0.2) is 4.39 Å². The Kier molecular flexibility index (Phi) is 3.07. The number of benzene rings is 2. The topological polar surface area (TPSA) is 70.1 Å². The molecular weight excluding hydrogens is 269 g/mol. The van der Waals surface area contributed by atoms with Crippen molar-refractivity contribution in [2.75, 3.05) is 10.6 Å². The first kappa shape index (κ1) is 13.1. The fourth-order valence-electron chi connectivity index (χ4n) is 2.51. The van der Waals surface area contributed by atoms with Gasteiger partial charge in [0, 0.05) is 16.9 Å². The average Bonchev–Trinajstić information content (AvgIpc) is 2.76. The average molecular weight is 281 g/mol. The van der Waals surface area contributed by atoms with E-state index in [2.05, 4.69) is 0 Å². The van der Waals surface area contributed by atoms with Crippen LogP contribution in [0.4, 0.5) is 15.8 Å². The van der Waals surface area contributed by atoms with Crippen molar-refractivity contribution >= 4 is 17.3 Å². The quantitative estimate of drug-likeness (QED) is 0.859. The number of halogens is 1. The summed E-state index contributed by atoms with van der Waals surface area (Å²) in [6, 6.07) is 11.3. The Balaban J connectivity index is 1.96. The number of nitrogen functional groups attached to an aromatic ring is 1. The maximum absolute atomic E-state index is 13.9. The SMILES string of the molecule is N#Cc1ccc(F)c(CN2C(=O)Cc3cc(N)ccc32)c1. The van der Waals surface area contributed by atoms with Crippen LogP contribution < -0.4 is 10.6 Å². The molecule has 1 aliphatic heterocycles. The number of fused-ring (bicyclic) bond motifs is 1. The molecule has 21 heavy (non-hydrogen) atoms. The van der Waals surface area contributed by atoms with Crippen molar-refractivity contribution in [3.63, 3.8) is 0 Å². The summed E-state index contributed by atoms with van der Waals surface area (Å²) < 4.78 is 13.9. The van der Waals surface area contributed by atoms with E-state index in [0.29, 0.717) is 16.8 Å². The van der Waals surface area contributed by atoms with E-state index in [4.69, 9.17) is 11.0 Å². The van der Waals surface area contributed by atoms with Gasteiger partial charge in [-0.1, -0.05) is 0 Å². The van der Waals surface area contributed by atoms with E-state index in [1.807, 2.05) is 6.07 Å². The zero-order chi connectivity index (χ0) is 15.0. The van der Waals surface area contributed by atoms with Crippen molar-refractivity contribution < 1.29 is 9.18 Å². The van der Waals surface area contributed by atoms with Crippen LogP contribution in [0.5, 0.6) is 0 Å². The van der Waals surface area contributed by atoms with Gasteiger partial charge in [0.1, 0.15) is 5.82 Å². The summed E-state index contributed by atoms with van der Waals surface area (Å²) in [5.74, 6) is -0.525. The van der Waals surface area contributed by atoms with E-state index in [9.17, 15) is 9.18 Å². The summed E-state index contributed by atoms with van der Waals surface area (Å²) in [4.78, 5) is 13.6. The summed E-state index contributed by atoms with van der Waals surface area (Å²) in [6.07, 6.45) is 0.264. The lowest BCUT2D eigenvalue weighted by Gasteiger charge is -2.18. The number of carbonyl (C=O) groups is 1. The van der Waals surface area contributed by atoms with Crippen molar-refractivity contribution in [3.8, 4) is 6.07 Å². The highest BCUT2D eigenvalue weighted by Crippen LogP contribution is 2.32. The third-order valence-corrected chi connectivity index (χ3v) is 3.54. The van der Waals surface area contributed by atoms with E-state index >= 15 is 0 Å². The first-order valence-corrected chi connectivity index (χ1v) is 6.46. The van der Waals surface area contributed by atoms with Crippen LogP contribution in [0, 0.1) is 17.1 Å². The molecule has 2 N–H and O–H groups in total. The molecule has 0 saturated carbocycles. The molecular formula is C16H12FN3O. The molecule has 0 saturated heterocycles. The zero-order valence-corrected chi connectivity index (χ0v) is 11.1. The smallest absolute Gasteiger partial charge is 0.231 e. The number of carbonyl (C=O) groups excluding carboxylic acids is 1. The van der Waals surface area contributed by atoms with Crippen LogP contribution in [-0.2, 0) is 17.8 Å². The van der Waals surface area contributed by atoms with Gasteiger partial charge in [-0.15, -0.1) is 0 Å². The number of anilines is 2. The molecule has 5 heteroatoms. The molecule has 2 aromatic carbocycles. The Morgan fingerprint density at radius 1 is 1.29 bits per heavy atom. The van der Waals surface area contributed by atoms with Crippen LogP contribution in [0.3, 0.4) is 0 Å². The second-order valence-corrected chi connectivity index (χ2v) is 4.96. The second-order valence-electron chi connectivity index (χ2n) is 4.96. The van der Waals surface area contributed by atoms with Crippen LogP contribution in [0.1, 0.15) is 16.7 Å². The van der Waals surface area contributed by atoms with Gasteiger partial charge < -0.3 is 10.6 Å². The maximum atomic E-state index is 13.9. The number of nitriles is 1. The molecule has 3 rings (SSSR count). The summed E-state index contributed by atoms with van der Waals surface area (Å²) in [6.45, 7) is 0.108. The molecule has 0 atom stereocenters. The predicted molar refractivity (Wildman–Crippen MR) is 76.9 cm³/mol. The third-order valence-electron chi connectivity index (χ3n) is 3.54. The third kappa shape index (κ3) is 2.32. The minimum atomic E-state index is -0.425. The molecule has 104 valence electrons. The molecule has 0 bridgehead atoms. The van der Waals surface area contributed by atoms with Crippen molar-refractivity contribution in [3.05, 3.63) is 58.9 Å². The number of amides is 1. The number of hydrogen-bond donors (Lipinski definition) is 1. The Labute approximate surface area is 121 Å². The molecule has 1 aliphatic rings. The normalized spacial score (nSPS) is 13.1. The van der Waals surface area contributed by atoms with E-state index < -0.39 is 5.82 Å². The Morgan fingerprint density at radius 3 is 2.86 bits per heavy atom. The lowest BCUT2D eigenvalue weighted by atomic mass is 10.1. The minimum Gasteiger partial charge on any atom is -0.399 e. The van der Waals surface area contributed by atoms with Gasteiger partial charge in [0.25, 0.3) is 0 Å². The van der Waals surface area contributed by atoms with Gasteiger partial charge in [-0.05, 0) is 42.0 Å². The lowest BCUT2D eigenvalue weighted by Crippen LogP contribution is -2.26. The molecule has 0 aromatic heterocycles. The van der Waals surface area contributed by atoms with Crippen LogP contribution in [-0.4, -0.2) is 5.91 Å². The van der Waals surface area contributed by atoms with Crippen LogP contribution in [0.2, 0.25) is 0 Å². The summed E-state index contributed by atoms with van der Waals surface area (Å²) in [5.41, 5.74) is 8.60. The summed E-state index contributed by atoms with van der Waals surface area (Å²) in [5, 5.41) is 8.89. The molecule has 0 fully saturated rings. The van der Waals surface area contributed by atoms with Crippen LogP contribution >= 0.6 is 0 Å². The highest BCUT2D eigenvalue weighted by atomic mass is 19.1. The van der Waals surface area contributed by atoms with E-state index in [0.717, 1.165) is 11.3 Å². The molecule has 1 amide bonds. The second kappa shape index (κ2) is 4.91. The van der Waals surface area contributed by atoms with Gasteiger partial charge in [-0.2, -0.15) is 5.26 Å². The van der Waals surface area contributed by atoms with Crippen molar-refractivity contribution in [2.24, 2.45) is 0 Å². The van der Waals surface area contributed by atoms with Crippen LogP contribution in [0.25, 0.3) is 0 Å². The highest BCUT2D eigenvalue weighted by molar-refractivity contribution is 6.01. The van der Waals surface area contributed by atoms with E-state index in [-0.39, 0.29) is 18.9 Å². The first-order chi connectivity index (χ1) is 10.1. The molecule has 0 spiro atoms. The Bertz CT molecular complexity index is 780. The van der Waals surface area contributed by atoms with Gasteiger partial charge in [0.05, 0.1) is 24.6 Å². The van der Waals surface area contributed by atoms with E-state index in [1.165, 1.54) is 23.1 Å². The monoisotopic (exact) mass is 281 g/mol. The molecule has 1 heterocycles. The number of nitrogens with two attached hydrogens (primary N) is 1. The van der Waals surface area contributed by atoms with Gasteiger partial charge in [0.2, 0.25) is 5.91 Å². The number of hydrogen-bond acceptors (Lipinski definition) is 3. The molecule has 0 radical (unpaired) electrons. The fraction of sp³-hybridized carbons (Fsp3) is 0.125. The van der Waals surface area contributed by atoms with Crippen molar-refractivity contribution in [2.45, 2.75) is 13.0 Å².